The Morgan fingerprint density at radius 3 is 3.09 bits per heavy atom. The first-order valence-electron chi connectivity index (χ1n) is 6.75. The van der Waals surface area contributed by atoms with Crippen LogP contribution in [-0.4, -0.2) is 26.4 Å². The molecule has 0 saturated heterocycles. The number of hydrogen-bond donors (Lipinski definition) is 2. The third-order valence-electron chi connectivity index (χ3n) is 3.27. The Kier molecular flexibility index (Phi) is 3.05. The fourth-order valence-corrected chi connectivity index (χ4v) is 2.84. The largest absolute Gasteiger partial charge is 0.338 e. The van der Waals surface area contributed by atoms with Gasteiger partial charge in [-0.05, 0) is 30.5 Å². The van der Waals surface area contributed by atoms with Crippen molar-refractivity contribution in [1.82, 2.24) is 20.2 Å². The number of H-pyrrole nitrogens is 1. The number of thiophene rings is 1. The summed E-state index contributed by atoms with van der Waals surface area (Å²) in [7, 11) is 0. The molecule has 2 N–H and O–H groups in total. The summed E-state index contributed by atoms with van der Waals surface area (Å²) in [4.78, 5) is 8.71. The summed E-state index contributed by atoms with van der Waals surface area (Å²) in [5.41, 5.74) is 6.45. The average Bonchev–Trinajstić information content (AvgIpc) is 3.14. The van der Waals surface area contributed by atoms with E-state index in [9.17, 15) is 0 Å². The van der Waals surface area contributed by atoms with E-state index in [0.29, 0.717) is 11.6 Å². The molecule has 1 aromatic carbocycles. The lowest BCUT2D eigenvalue weighted by Gasteiger charge is -1.96. The van der Waals surface area contributed by atoms with E-state index in [-0.39, 0.29) is 0 Å². The second-order valence-electron chi connectivity index (χ2n) is 4.89. The number of aromatic nitrogens is 4. The van der Waals surface area contributed by atoms with Gasteiger partial charge >= 0.3 is 0 Å². The van der Waals surface area contributed by atoms with Crippen LogP contribution in [0.15, 0.2) is 40.8 Å². The molecule has 22 heavy (non-hydrogen) atoms. The highest BCUT2D eigenvalue weighted by atomic mass is 32.1. The Labute approximate surface area is 129 Å². The second kappa shape index (κ2) is 5.19. The van der Waals surface area contributed by atoms with E-state index in [1.165, 1.54) is 5.56 Å². The van der Waals surface area contributed by atoms with Gasteiger partial charge in [0.2, 0.25) is 0 Å². The standard InChI is InChI=1S/C15H12N6S/c1-9-4-5-12-11(7-9)13-14(17-12)18-15(21-19-13)20-16-8-10-3-2-6-22-10/h2-8H,1H3,(H2,17,18,20,21)/b16-8-. The molecule has 0 atom stereocenters. The van der Waals surface area contributed by atoms with Crippen molar-refractivity contribution in [2.24, 2.45) is 5.10 Å². The summed E-state index contributed by atoms with van der Waals surface area (Å²) in [6.07, 6.45) is 1.73. The van der Waals surface area contributed by atoms with Gasteiger partial charge in [0, 0.05) is 15.8 Å². The summed E-state index contributed by atoms with van der Waals surface area (Å²) >= 11 is 1.61. The summed E-state index contributed by atoms with van der Waals surface area (Å²) in [6.45, 7) is 2.05. The normalized spacial score (nSPS) is 11.7. The van der Waals surface area contributed by atoms with Gasteiger partial charge < -0.3 is 4.98 Å². The fourth-order valence-electron chi connectivity index (χ4n) is 2.25. The highest BCUT2D eigenvalue weighted by molar-refractivity contribution is 7.11. The zero-order valence-electron chi connectivity index (χ0n) is 11.7. The van der Waals surface area contributed by atoms with Crippen LogP contribution in [0.25, 0.3) is 22.1 Å². The van der Waals surface area contributed by atoms with Gasteiger partial charge in [0.1, 0.15) is 5.52 Å². The molecule has 0 fully saturated rings. The third kappa shape index (κ3) is 2.31. The molecule has 3 aromatic heterocycles. The van der Waals surface area contributed by atoms with Gasteiger partial charge in [-0.25, -0.2) is 5.43 Å². The molecule has 7 heteroatoms. The predicted octanol–water partition coefficient (Wildman–Crippen LogP) is 3.32. The van der Waals surface area contributed by atoms with E-state index in [1.54, 1.807) is 17.6 Å². The molecule has 6 nitrogen and oxygen atoms in total. The van der Waals surface area contributed by atoms with Crippen LogP contribution in [-0.2, 0) is 0 Å². The van der Waals surface area contributed by atoms with Crippen molar-refractivity contribution in [2.75, 3.05) is 5.43 Å². The molecule has 0 radical (unpaired) electrons. The predicted molar refractivity (Wildman–Crippen MR) is 89.5 cm³/mol. The van der Waals surface area contributed by atoms with E-state index in [2.05, 4.69) is 42.8 Å². The van der Waals surface area contributed by atoms with Crippen LogP contribution in [0.5, 0.6) is 0 Å². The van der Waals surface area contributed by atoms with Crippen LogP contribution in [0.2, 0.25) is 0 Å². The lowest BCUT2D eigenvalue weighted by molar-refractivity contribution is 1.01. The molecule has 0 aliphatic rings. The molecule has 0 spiro atoms. The van der Waals surface area contributed by atoms with Gasteiger partial charge in [-0.2, -0.15) is 10.1 Å². The molecule has 4 rings (SSSR count). The van der Waals surface area contributed by atoms with Gasteiger partial charge in [-0.1, -0.05) is 17.7 Å². The highest BCUT2D eigenvalue weighted by Crippen LogP contribution is 2.23. The number of anilines is 1. The number of aromatic amines is 1. The summed E-state index contributed by atoms with van der Waals surface area (Å²) in [6, 6.07) is 10.1. The number of hydrazone groups is 1. The molecule has 0 unspecified atom stereocenters. The van der Waals surface area contributed by atoms with Crippen LogP contribution in [0.1, 0.15) is 10.4 Å². The minimum absolute atomic E-state index is 0.364. The number of nitrogens with zero attached hydrogens (tertiary/aromatic N) is 4. The summed E-state index contributed by atoms with van der Waals surface area (Å²) < 4.78 is 0. The van der Waals surface area contributed by atoms with Crippen molar-refractivity contribution in [1.29, 1.82) is 0 Å². The zero-order chi connectivity index (χ0) is 14.9. The van der Waals surface area contributed by atoms with Gasteiger partial charge in [0.25, 0.3) is 5.95 Å². The SMILES string of the molecule is Cc1ccc2[nH]c3nc(N/N=C\c4cccs4)nnc3c2c1. The second-order valence-corrected chi connectivity index (χ2v) is 5.87. The van der Waals surface area contributed by atoms with Crippen LogP contribution < -0.4 is 5.43 Å². The number of fused-ring (bicyclic) bond motifs is 3. The van der Waals surface area contributed by atoms with Crippen molar-refractivity contribution < 1.29 is 0 Å². The third-order valence-corrected chi connectivity index (χ3v) is 4.08. The lowest BCUT2D eigenvalue weighted by atomic mass is 10.2. The molecule has 3 heterocycles. The molecular weight excluding hydrogens is 296 g/mol. The van der Waals surface area contributed by atoms with E-state index in [1.807, 2.05) is 30.5 Å². The molecular formula is C15H12N6S. The van der Waals surface area contributed by atoms with E-state index >= 15 is 0 Å². The molecule has 108 valence electrons. The Morgan fingerprint density at radius 1 is 1.27 bits per heavy atom. The van der Waals surface area contributed by atoms with E-state index < -0.39 is 0 Å². The van der Waals surface area contributed by atoms with Gasteiger partial charge in [-0.3, -0.25) is 0 Å². The summed E-state index contributed by atoms with van der Waals surface area (Å²) in [5.74, 6) is 0.364. The maximum atomic E-state index is 4.41. The van der Waals surface area contributed by atoms with Gasteiger partial charge in [-0.15, -0.1) is 21.5 Å². The van der Waals surface area contributed by atoms with Crippen LogP contribution in [0.3, 0.4) is 0 Å². The van der Waals surface area contributed by atoms with Crippen molar-refractivity contribution >= 4 is 45.6 Å². The number of rotatable bonds is 3. The van der Waals surface area contributed by atoms with Gasteiger partial charge in [0.15, 0.2) is 5.65 Å². The monoisotopic (exact) mass is 308 g/mol. The lowest BCUT2D eigenvalue weighted by Crippen LogP contribution is -1.98. The van der Waals surface area contributed by atoms with Crippen molar-refractivity contribution in [3.05, 3.63) is 46.2 Å². The van der Waals surface area contributed by atoms with Crippen molar-refractivity contribution in [3.8, 4) is 0 Å². The maximum Gasteiger partial charge on any atom is 0.265 e. The molecule has 0 aliphatic heterocycles. The number of benzene rings is 1. The average molecular weight is 308 g/mol. The fraction of sp³-hybridized carbons (Fsp3) is 0.0667. The minimum Gasteiger partial charge on any atom is -0.338 e. The Bertz CT molecular complexity index is 970. The van der Waals surface area contributed by atoms with Crippen molar-refractivity contribution in [3.63, 3.8) is 0 Å². The molecule has 0 aliphatic carbocycles. The Balaban J connectivity index is 1.67. The number of hydrogen-bond acceptors (Lipinski definition) is 6. The molecule has 0 bridgehead atoms. The van der Waals surface area contributed by atoms with Crippen LogP contribution in [0, 0.1) is 6.92 Å². The molecule has 0 amide bonds. The van der Waals surface area contributed by atoms with Crippen LogP contribution >= 0.6 is 11.3 Å². The van der Waals surface area contributed by atoms with E-state index in [0.717, 1.165) is 21.3 Å². The summed E-state index contributed by atoms with van der Waals surface area (Å²) in [5, 5.41) is 15.5. The number of aryl methyl sites for hydroxylation is 1. The van der Waals surface area contributed by atoms with Crippen molar-refractivity contribution in [2.45, 2.75) is 6.92 Å². The molecule has 4 aromatic rings. The van der Waals surface area contributed by atoms with Gasteiger partial charge in [0.05, 0.1) is 6.21 Å². The maximum absolute atomic E-state index is 4.41. The minimum atomic E-state index is 0.364. The smallest absolute Gasteiger partial charge is 0.265 e. The first-order valence-corrected chi connectivity index (χ1v) is 7.63. The number of nitrogens with one attached hydrogen (secondary N) is 2. The molecule has 0 saturated carbocycles. The quantitative estimate of drug-likeness (QED) is 0.449. The topological polar surface area (TPSA) is 78.9 Å². The van der Waals surface area contributed by atoms with Crippen LogP contribution in [0.4, 0.5) is 5.95 Å². The highest BCUT2D eigenvalue weighted by Gasteiger charge is 2.08. The first-order chi connectivity index (χ1) is 10.8. The first kappa shape index (κ1) is 12.9. The Morgan fingerprint density at radius 2 is 2.23 bits per heavy atom. The zero-order valence-corrected chi connectivity index (χ0v) is 12.6. The Hall–Kier alpha value is -2.80. The van der Waals surface area contributed by atoms with E-state index in [4.69, 9.17) is 0 Å².